The summed E-state index contributed by atoms with van der Waals surface area (Å²) in [5.41, 5.74) is 1.42. The third-order valence-electron chi connectivity index (χ3n) is 2.03. The molecule has 1 N–H and O–H groups in total. The Balaban J connectivity index is 0.00000128. The van der Waals surface area contributed by atoms with Crippen molar-refractivity contribution in [1.29, 1.82) is 0 Å². The molecule has 5 nitrogen and oxygen atoms in total. The van der Waals surface area contributed by atoms with E-state index in [0.29, 0.717) is 11.4 Å². The normalized spacial score (nSPS) is 9.56. The molecule has 0 saturated heterocycles. The van der Waals surface area contributed by atoms with Crippen LogP contribution in [0.5, 0.6) is 0 Å². The third-order valence-corrected chi connectivity index (χ3v) is 2.03. The molecule has 2 aromatic rings. The van der Waals surface area contributed by atoms with E-state index in [1.807, 2.05) is 12.1 Å². The second-order valence-electron chi connectivity index (χ2n) is 3.06. The van der Waals surface area contributed by atoms with Crippen LogP contribution in [0.15, 0.2) is 30.5 Å². The first-order valence-corrected chi connectivity index (χ1v) is 4.37. The van der Waals surface area contributed by atoms with Gasteiger partial charge in [-0.2, -0.15) is 5.10 Å². The Hall–Kier alpha value is -1.57. The largest absolute Gasteiger partial charge is 0.476 e. The van der Waals surface area contributed by atoms with Gasteiger partial charge in [-0.05, 0) is 12.1 Å². The Bertz CT molecular complexity index is 496. The molecule has 2 heterocycles. The quantitative estimate of drug-likeness (QED) is 0.744. The Labute approximate surface area is 104 Å². The molecule has 0 aromatic carbocycles. The fraction of sp³-hybridized carbons (Fsp3) is 0.100. The summed E-state index contributed by atoms with van der Waals surface area (Å²) in [5.74, 6) is -1.03. The predicted octanol–water partition coefficient (Wildman–Crippen LogP) is 0.799. The fourth-order valence-corrected chi connectivity index (χ4v) is 1.33. The number of carboxylic acid groups (broad SMARTS) is 1. The first-order chi connectivity index (χ1) is 7.18. The predicted molar refractivity (Wildman–Crippen MR) is 59.2 cm³/mol. The van der Waals surface area contributed by atoms with E-state index in [9.17, 15) is 4.79 Å². The molecule has 2 rings (SSSR count). The smallest absolute Gasteiger partial charge is 0.356 e. The van der Waals surface area contributed by atoms with Crippen LogP contribution in [0.3, 0.4) is 0 Å². The number of rotatable bonds is 2. The van der Waals surface area contributed by atoms with Gasteiger partial charge in [-0.3, -0.25) is 9.67 Å². The van der Waals surface area contributed by atoms with Gasteiger partial charge in [-0.25, -0.2) is 4.79 Å². The summed E-state index contributed by atoms with van der Waals surface area (Å²) in [7, 11) is 1.69. The number of hydrogen-bond acceptors (Lipinski definition) is 3. The van der Waals surface area contributed by atoms with E-state index < -0.39 is 5.97 Å². The number of aryl methyl sites for hydroxylation is 1. The van der Waals surface area contributed by atoms with Gasteiger partial charge in [0.25, 0.3) is 0 Å². The summed E-state index contributed by atoms with van der Waals surface area (Å²) < 4.78 is 1.51. The zero-order valence-corrected chi connectivity index (χ0v) is 9.08. The molecule has 0 saturated carbocycles. The minimum Gasteiger partial charge on any atom is -0.476 e. The average Bonchev–Trinajstić information content (AvgIpc) is 2.62. The fourth-order valence-electron chi connectivity index (χ4n) is 1.33. The molecular weight excluding hydrogens is 201 g/mol. The van der Waals surface area contributed by atoms with Crippen LogP contribution in [0, 0.1) is 0 Å². The molecular formula is C10H9LiN3O2. The van der Waals surface area contributed by atoms with E-state index in [1.54, 1.807) is 19.3 Å². The van der Waals surface area contributed by atoms with Crippen molar-refractivity contribution in [2.45, 2.75) is 0 Å². The van der Waals surface area contributed by atoms with Crippen molar-refractivity contribution in [3.05, 3.63) is 36.2 Å². The molecule has 0 aliphatic heterocycles. The van der Waals surface area contributed by atoms with Crippen LogP contribution in [0.25, 0.3) is 11.4 Å². The molecule has 1 radical (unpaired) electrons. The second-order valence-corrected chi connectivity index (χ2v) is 3.06. The maximum absolute atomic E-state index is 10.7. The average molecular weight is 210 g/mol. The summed E-state index contributed by atoms with van der Waals surface area (Å²) >= 11 is 0. The summed E-state index contributed by atoms with van der Waals surface area (Å²) in [4.78, 5) is 14.8. The molecule has 0 amide bonds. The zero-order valence-electron chi connectivity index (χ0n) is 9.08. The number of carbonyl (C=O) groups is 1. The van der Waals surface area contributed by atoms with Crippen LogP contribution in [-0.4, -0.2) is 44.7 Å². The van der Waals surface area contributed by atoms with Gasteiger partial charge < -0.3 is 5.11 Å². The SMILES string of the molecule is Cn1nc(C(=O)O)cc1-c1ccccn1.[Li]. The molecule has 0 aliphatic carbocycles. The molecule has 16 heavy (non-hydrogen) atoms. The molecule has 0 spiro atoms. The van der Waals surface area contributed by atoms with Crippen LogP contribution in [-0.2, 0) is 7.05 Å². The molecule has 77 valence electrons. The van der Waals surface area contributed by atoms with E-state index in [0.717, 1.165) is 0 Å². The van der Waals surface area contributed by atoms with Gasteiger partial charge in [0.05, 0.1) is 11.4 Å². The van der Waals surface area contributed by atoms with Crippen LogP contribution in [0.1, 0.15) is 10.5 Å². The summed E-state index contributed by atoms with van der Waals surface area (Å²) in [6.07, 6.45) is 1.66. The molecule has 6 heteroatoms. The Kier molecular flexibility index (Phi) is 3.88. The van der Waals surface area contributed by atoms with E-state index in [1.165, 1.54) is 10.7 Å². The van der Waals surface area contributed by atoms with Gasteiger partial charge in [-0.15, -0.1) is 0 Å². The minimum absolute atomic E-state index is 0. The van der Waals surface area contributed by atoms with E-state index >= 15 is 0 Å². The number of nitrogens with zero attached hydrogens (tertiary/aromatic N) is 3. The van der Waals surface area contributed by atoms with Crippen molar-refractivity contribution < 1.29 is 9.90 Å². The van der Waals surface area contributed by atoms with Crippen molar-refractivity contribution in [2.75, 3.05) is 0 Å². The van der Waals surface area contributed by atoms with Gasteiger partial charge in [0.2, 0.25) is 0 Å². The van der Waals surface area contributed by atoms with Crippen LogP contribution in [0.2, 0.25) is 0 Å². The van der Waals surface area contributed by atoms with Gasteiger partial charge >= 0.3 is 5.97 Å². The first-order valence-electron chi connectivity index (χ1n) is 4.37. The van der Waals surface area contributed by atoms with Gasteiger partial charge in [0.1, 0.15) is 0 Å². The standard InChI is InChI=1S/C10H9N3O2.Li/c1-13-9(6-8(12-13)10(14)15)7-4-2-3-5-11-7;/h2-6H,1H3,(H,14,15);. The summed E-state index contributed by atoms with van der Waals surface area (Å²) in [6.45, 7) is 0. The van der Waals surface area contributed by atoms with Crippen molar-refractivity contribution in [3.8, 4) is 11.4 Å². The van der Waals surface area contributed by atoms with Crippen LogP contribution >= 0.6 is 0 Å². The first kappa shape index (κ1) is 12.5. The third kappa shape index (κ3) is 2.32. The van der Waals surface area contributed by atoms with Crippen molar-refractivity contribution in [2.24, 2.45) is 7.05 Å². The monoisotopic (exact) mass is 210 g/mol. The maximum atomic E-state index is 10.7. The maximum Gasteiger partial charge on any atom is 0.356 e. The molecule has 0 aliphatic rings. The van der Waals surface area contributed by atoms with Gasteiger partial charge in [-0.1, -0.05) is 6.07 Å². The summed E-state index contributed by atoms with van der Waals surface area (Å²) in [5, 5.41) is 12.6. The van der Waals surface area contributed by atoms with E-state index in [4.69, 9.17) is 5.11 Å². The molecule has 2 aromatic heterocycles. The number of aromatic carboxylic acids is 1. The molecule has 0 fully saturated rings. The van der Waals surface area contributed by atoms with Crippen molar-refractivity contribution in [1.82, 2.24) is 14.8 Å². The van der Waals surface area contributed by atoms with E-state index in [2.05, 4.69) is 10.1 Å². The second kappa shape index (κ2) is 4.97. The van der Waals surface area contributed by atoms with Gasteiger partial charge in [0, 0.05) is 38.2 Å². The van der Waals surface area contributed by atoms with E-state index in [-0.39, 0.29) is 24.6 Å². The Morgan fingerprint density at radius 1 is 1.44 bits per heavy atom. The molecule has 0 atom stereocenters. The Morgan fingerprint density at radius 3 is 2.69 bits per heavy atom. The van der Waals surface area contributed by atoms with Crippen LogP contribution < -0.4 is 0 Å². The topological polar surface area (TPSA) is 68.0 Å². The van der Waals surface area contributed by atoms with Crippen LogP contribution in [0.4, 0.5) is 0 Å². The number of pyridine rings is 1. The summed E-state index contributed by atoms with van der Waals surface area (Å²) in [6, 6.07) is 6.96. The molecule has 0 bridgehead atoms. The van der Waals surface area contributed by atoms with Crippen molar-refractivity contribution in [3.63, 3.8) is 0 Å². The minimum atomic E-state index is -1.03. The zero-order chi connectivity index (χ0) is 10.8. The number of carboxylic acids is 1. The number of aromatic nitrogens is 3. The molecule has 0 unspecified atom stereocenters. The van der Waals surface area contributed by atoms with Gasteiger partial charge in [0.15, 0.2) is 5.69 Å². The Morgan fingerprint density at radius 2 is 2.19 bits per heavy atom. The van der Waals surface area contributed by atoms with Crippen molar-refractivity contribution >= 4 is 24.8 Å². The number of hydrogen-bond donors (Lipinski definition) is 1.